The first-order valence-electron chi connectivity index (χ1n) is 10.0. The van der Waals surface area contributed by atoms with E-state index in [0.29, 0.717) is 28.0 Å². The predicted molar refractivity (Wildman–Crippen MR) is 118 cm³/mol. The molecule has 1 unspecified atom stereocenters. The molecule has 6 nitrogen and oxygen atoms in total. The maximum absolute atomic E-state index is 12.5. The Bertz CT molecular complexity index is 928. The first kappa shape index (κ1) is 22.2. The van der Waals surface area contributed by atoms with Gasteiger partial charge in [0, 0.05) is 10.9 Å². The molecule has 0 bridgehead atoms. The molecule has 1 aliphatic rings. The normalized spacial score (nSPS) is 15.8. The van der Waals surface area contributed by atoms with Crippen LogP contribution in [0.3, 0.4) is 0 Å². The van der Waals surface area contributed by atoms with E-state index in [1.807, 2.05) is 0 Å². The highest BCUT2D eigenvalue weighted by Crippen LogP contribution is 2.44. The maximum Gasteiger partial charge on any atom is 0.341 e. The zero-order chi connectivity index (χ0) is 21.9. The van der Waals surface area contributed by atoms with Gasteiger partial charge in [-0.1, -0.05) is 26.8 Å². The zero-order valence-electron chi connectivity index (χ0n) is 18.2. The minimum atomic E-state index is -0.411. The van der Waals surface area contributed by atoms with Crippen molar-refractivity contribution in [1.29, 1.82) is 0 Å². The van der Waals surface area contributed by atoms with E-state index in [2.05, 4.69) is 26.1 Å². The van der Waals surface area contributed by atoms with Crippen molar-refractivity contribution in [3.63, 3.8) is 0 Å². The summed E-state index contributed by atoms with van der Waals surface area (Å²) in [6.45, 7) is 6.57. The van der Waals surface area contributed by atoms with Crippen LogP contribution in [0.5, 0.6) is 11.5 Å². The first-order valence-corrected chi connectivity index (χ1v) is 10.8. The molecular formula is C23H29NO5S. The lowest BCUT2D eigenvalue weighted by Crippen LogP contribution is -2.26. The number of ether oxygens (including phenoxy) is 3. The molecule has 1 aliphatic carbocycles. The molecule has 1 N–H and O–H groups in total. The maximum atomic E-state index is 12.5. The Kier molecular flexibility index (Phi) is 6.71. The Morgan fingerprint density at radius 1 is 1.20 bits per heavy atom. The quantitative estimate of drug-likeness (QED) is 0.671. The number of esters is 1. The van der Waals surface area contributed by atoms with Crippen LogP contribution in [0.4, 0.5) is 5.00 Å². The van der Waals surface area contributed by atoms with Crippen molar-refractivity contribution < 1.29 is 23.8 Å². The molecule has 1 aromatic heterocycles. The predicted octanol–water partition coefficient (Wildman–Crippen LogP) is 4.71. The SMILES string of the molecule is COC(=O)c1c(NC(=O)COc2cccc(OC)c2)sc2c1CCC(C(C)(C)C)C2. The molecule has 30 heavy (non-hydrogen) atoms. The second-order valence-electron chi connectivity index (χ2n) is 8.52. The van der Waals surface area contributed by atoms with Crippen molar-refractivity contribution >= 4 is 28.2 Å². The van der Waals surface area contributed by atoms with Gasteiger partial charge in [-0.25, -0.2) is 4.79 Å². The fourth-order valence-electron chi connectivity index (χ4n) is 3.73. The van der Waals surface area contributed by atoms with Gasteiger partial charge >= 0.3 is 5.97 Å². The van der Waals surface area contributed by atoms with Crippen LogP contribution in [0.2, 0.25) is 0 Å². The highest BCUT2D eigenvalue weighted by molar-refractivity contribution is 7.17. The van der Waals surface area contributed by atoms with Gasteiger partial charge in [0.1, 0.15) is 16.5 Å². The second kappa shape index (κ2) is 9.08. The lowest BCUT2D eigenvalue weighted by molar-refractivity contribution is -0.118. The van der Waals surface area contributed by atoms with Crippen LogP contribution in [0.25, 0.3) is 0 Å². The Morgan fingerprint density at radius 3 is 2.60 bits per heavy atom. The number of amides is 1. The number of carbonyl (C=O) groups is 2. The molecule has 0 aliphatic heterocycles. The molecule has 0 spiro atoms. The number of methoxy groups -OCH3 is 2. The third-order valence-corrected chi connectivity index (χ3v) is 6.71. The number of benzene rings is 1. The van der Waals surface area contributed by atoms with Crippen LogP contribution in [0, 0.1) is 11.3 Å². The fraction of sp³-hybridized carbons (Fsp3) is 0.478. The molecule has 1 amide bonds. The van der Waals surface area contributed by atoms with E-state index in [0.717, 1.165) is 29.7 Å². The van der Waals surface area contributed by atoms with Crippen molar-refractivity contribution in [1.82, 2.24) is 0 Å². The minimum Gasteiger partial charge on any atom is -0.497 e. The van der Waals surface area contributed by atoms with Crippen molar-refractivity contribution in [2.24, 2.45) is 11.3 Å². The number of carbonyl (C=O) groups excluding carboxylic acids is 2. The van der Waals surface area contributed by atoms with Crippen molar-refractivity contribution in [2.45, 2.75) is 40.0 Å². The molecule has 0 saturated carbocycles. The van der Waals surface area contributed by atoms with E-state index in [4.69, 9.17) is 14.2 Å². The van der Waals surface area contributed by atoms with E-state index in [1.54, 1.807) is 31.4 Å². The lowest BCUT2D eigenvalue weighted by atomic mass is 9.72. The Balaban J connectivity index is 1.75. The third-order valence-electron chi connectivity index (χ3n) is 5.54. The summed E-state index contributed by atoms with van der Waals surface area (Å²) < 4.78 is 15.7. The Labute approximate surface area is 181 Å². The molecule has 0 saturated heterocycles. The molecule has 1 aromatic carbocycles. The summed E-state index contributed by atoms with van der Waals surface area (Å²) in [6, 6.07) is 7.06. The summed E-state index contributed by atoms with van der Waals surface area (Å²) in [5.74, 6) is 0.991. The van der Waals surface area contributed by atoms with Gasteiger partial charge in [-0.3, -0.25) is 4.79 Å². The molecule has 0 fully saturated rings. The van der Waals surface area contributed by atoms with E-state index >= 15 is 0 Å². The monoisotopic (exact) mass is 431 g/mol. The second-order valence-corrected chi connectivity index (χ2v) is 9.63. The van der Waals surface area contributed by atoms with E-state index in [9.17, 15) is 9.59 Å². The summed E-state index contributed by atoms with van der Waals surface area (Å²) >= 11 is 1.47. The largest absolute Gasteiger partial charge is 0.497 e. The van der Waals surface area contributed by atoms with Gasteiger partial charge < -0.3 is 19.5 Å². The van der Waals surface area contributed by atoms with Crippen molar-refractivity contribution in [3.05, 3.63) is 40.3 Å². The van der Waals surface area contributed by atoms with Gasteiger partial charge in [0.2, 0.25) is 0 Å². The van der Waals surface area contributed by atoms with Gasteiger partial charge in [-0.2, -0.15) is 0 Å². The number of hydrogen-bond donors (Lipinski definition) is 1. The fourth-order valence-corrected chi connectivity index (χ4v) is 5.07. The summed E-state index contributed by atoms with van der Waals surface area (Å²) in [6.07, 6.45) is 2.74. The van der Waals surface area contributed by atoms with E-state index < -0.39 is 5.97 Å². The number of anilines is 1. The van der Waals surface area contributed by atoms with Gasteiger partial charge in [-0.05, 0) is 48.3 Å². The Morgan fingerprint density at radius 2 is 1.93 bits per heavy atom. The van der Waals surface area contributed by atoms with Gasteiger partial charge in [-0.15, -0.1) is 11.3 Å². The number of fused-ring (bicyclic) bond motifs is 1. The highest BCUT2D eigenvalue weighted by Gasteiger charge is 2.34. The molecule has 0 radical (unpaired) electrons. The van der Waals surface area contributed by atoms with E-state index in [1.165, 1.54) is 18.4 Å². The number of nitrogens with one attached hydrogen (secondary N) is 1. The van der Waals surface area contributed by atoms with Crippen LogP contribution in [0.1, 0.15) is 48.0 Å². The van der Waals surface area contributed by atoms with Crippen LogP contribution in [0.15, 0.2) is 24.3 Å². The highest BCUT2D eigenvalue weighted by atomic mass is 32.1. The minimum absolute atomic E-state index is 0.166. The summed E-state index contributed by atoms with van der Waals surface area (Å²) in [5, 5.41) is 3.40. The zero-order valence-corrected chi connectivity index (χ0v) is 19.0. The average molecular weight is 432 g/mol. The lowest BCUT2D eigenvalue weighted by Gasteiger charge is -2.33. The first-order chi connectivity index (χ1) is 14.2. The molecule has 2 aromatic rings. The van der Waals surface area contributed by atoms with Crippen LogP contribution in [-0.4, -0.2) is 32.7 Å². The smallest absolute Gasteiger partial charge is 0.341 e. The Hall–Kier alpha value is -2.54. The topological polar surface area (TPSA) is 73.9 Å². The summed E-state index contributed by atoms with van der Waals surface area (Å²) in [5.41, 5.74) is 1.69. The molecule has 1 heterocycles. The number of rotatable bonds is 6. The molecule has 7 heteroatoms. The van der Waals surface area contributed by atoms with Crippen LogP contribution in [-0.2, 0) is 22.4 Å². The molecule has 3 rings (SSSR count). The molecular weight excluding hydrogens is 402 g/mol. The molecule has 1 atom stereocenters. The van der Waals surface area contributed by atoms with Gasteiger partial charge in [0.05, 0.1) is 19.8 Å². The standard InChI is InChI=1S/C23H29NO5S/c1-23(2,3)14-9-10-17-18(11-14)30-21(20(17)22(26)28-5)24-19(25)13-29-16-8-6-7-15(12-16)27-4/h6-8,12,14H,9-11,13H2,1-5H3,(H,24,25). The average Bonchev–Trinajstić information content (AvgIpc) is 3.08. The van der Waals surface area contributed by atoms with Crippen molar-refractivity contribution in [2.75, 3.05) is 26.1 Å². The number of hydrogen-bond acceptors (Lipinski definition) is 6. The summed E-state index contributed by atoms with van der Waals surface area (Å²) in [4.78, 5) is 26.2. The summed E-state index contributed by atoms with van der Waals surface area (Å²) in [7, 11) is 2.94. The molecule has 162 valence electrons. The van der Waals surface area contributed by atoms with Gasteiger partial charge in [0.15, 0.2) is 6.61 Å². The van der Waals surface area contributed by atoms with E-state index in [-0.39, 0.29) is 17.9 Å². The van der Waals surface area contributed by atoms with Crippen LogP contribution < -0.4 is 14.8 Å². The number of thiophene rings is 1. The van der Waals surface area contributed by atoms with Gasteiger partial charge in [0.25, 0.3) is 5.91 Å². The van der Waals surface area contributed by atoms with Crippen LogP contribution >= 0.6 is 11.3 Å². The third kappa shape index (κ3) is 4.95. The van der Waals surface area contributed by atoms with Crippen molar-refractivity contribution in [3.8, 4) is 11.5 Å².